The Morgan fingerprint density at radius 1 is 1.62 bits per heavy atom. The van der Waals surface area contributed by atoms with E-state index in [4.69, 9.17) is 0 Å². The standard InChI is InChI=1S/C11H17N3S2/c1-7(2)10-6-16-11(14-10)12-4-9-5-15-8(3)13-9/h5,7,10H,4,6H2,1-3H3,(H,12,14)/t10-/m1/s1. The van der Waals surface area contributed by atoms with Crippen molar-refractivity contribution in [1.82, 2.24) is 10.3 Å². The van der Waals surface area contributed by atoms with Crippen LogP contribution >= 0.6 is 23.1 Å². The van der Waals surface area contributed by atoms with Gasteiger partial charge in [0.15, 0.2) is 5.17 Å². The molecule has 0 spiro atoms. The Bertz CT molecular complexity index is 384. The maximum atomic E-state index is 4.55. The lowest BCUT2D eigenvalue weighted by atomic mass is 10.1. The number of rotatable bonds is 3. The second-order valence-corrected chi connectivity index (χ2v) is 6.36. The summed E-state index contributed by atoms with van der Waals surface area (Å²) in [7, 11) is 0. The smallest absolute Gasteiger partial charge is 0.157 e. The first-order valence-electron chi connectivity index (χ1n) is 5.50. The maximum Gasteiger partial charge on any atom is 0.157 e. The number of nitrogens with zero attached hydrogens (tertiary/aromatic N) is 2. The summed E-state index contributed by atoms with van der Waals surface area (Å²) in [6, 6.07) is 0.570. The summed E-state index contributed by atoms with van der Waals surface area (Å²) in [6.07, 6.45) is 0. The normalized spacial score (nSPS) is 23.0. The Morgan fingerprint density at radius 2 is 2.44 bits per heavy atom. The second-order valence-electron chi connectivity index (χ2n) is 4.29. The molecule has 16 heavy (non-hydrogen) atoms. The van der Waals surface area contributed by atoms with Crippen LogP contribution in [0.1, 0.15) is 24.5 Å². The molecule has 0 aliphatic carbocycles. The largest absolute Gasteiger partial charge is 0.361 e. The molecule has 3 nitrogen and oxygen atoms in total. The van der Waals surface area contributed by atoms with Crippen molar-refractivity contribution in [3.63, 3.8) is 0 Å². The van der Waals surface area contributed by atoms with E-state index < -0.39 is 0 Å². The van der Waals surface area contributed by atoms with Crippen molar-refractivity contribution >= 4 is 28.3 Å². The van der Waals surface area contributed by atoms with E-state index in [1.165, 1.54) is 0 Å². The zero-order valence-corrected chi connectivity index (χ0v) is 11.5. The molecule has 0 radical (unpaired) electrons. The topological polar surface area (TPSA) is 37.3 Å². The van der Waals surface area contributed by atoms with Gasteiger partial charge in [0.2, 0.25) is 0 Å². The van der Waals surface area contributed by atoms with Gasteiger partial charge in [0.05, 0.1) is 17.2 Å². The molecule has 2 rings (SSSR count). The van der Waals surface area contributed by atoms with Gasteiger partial charge in [0, 0.05) is 17.2 Å². The number of aliphatic imine (C=N–C) groups is 1. The molecule has 1 atom stereocenters. The summed E-state index contributed by atoms with van der Waals surface area (Å²) < 4.78 is 0. The number of hydrogen-bond donors (Lipinski definition) is 1. The molecule has 2 heterocycles. The lowest BCUT2D eigenvalue weighted by Crippen LogP contribution is -2.31. The van der Waals surface area contributed by atoms with Crippen molar-refractivity contribution in [1.29, 1.82) is 0 Å². The van der Waals surface area contributed by atoms with Crippen molar-refractivity contribution in [2.45, 2.75) is 33.4 Å². The Balaban J connectivity index is 1.90. The highest BCUT2D eigenvalue weighted by Gasteiger charge is 2.22. The third-order valence-electron chi connectivity index (χ3n) is 2.56. The van der Waals surface area contributed by atoms with Gasteiger partial charge in [-0.15, -0.1) is 11.3 Å². The van der Waals surface area contributed by atoms with Gasteiger partial charge in [-0.1, -0.05) is 25.6 Å². The molecular formula is C11H17N3S2. The van der Waals surface area contributed by atoms with Crippen LogP contribution in [0.4, 0.5) is 0 Å². The molecule has 0 amide bonds. The molecule has 1 fully saturated rings. The highest BCUT2D eigenvalue weighted by atomic mass is 32.2. The fourth-order valence-electron chi connectivity index (χ4n) is 1.49. The predicted molar refractivity (Wildman–Crippen MR) is 72.2 cm³/mol. The van der Waals surface area contributed by atoms with E-state index in [0.29, 0.717) is 18.5 Å². The van der Waals surface area contributed by atoms with Crippen LogP contribution in [-0.2, 0) is 6.54 Å². The van der Waals surface area contributed by atoms with Gasteiger partial charge < -0.3 is 5.32 Å². The first kappa shape index (κ1) is 11.9. The van der Waals surface area contributed by atoms with Gasteiger partial charge in [0.25, 0.3) is 0 Å². The molecule has 5 heteroatoms. The van der Waals surface area contributed by atoms with Gasteiger partial charge >= 0.3 is 0 Å². The molecular weight excluding hydrogens is 238 g/mol. The molecule has 88 valence electrons. The van der Waals surface area contributed by atoms with E-state index in [1.54, 1.807) is 11.3 Å². The number of amidine groups is 1. The van der Waals surface area contributed by atoms with E-state index in [0.717, 1.165) is 21.6 Å². The summed E-state index contributed by atoms with van der Waals surface area (Å²) in [5, 5.41) is 7.73. The first-order valence-corrected chi connectivity index (χ1v) is 7.36. The molecule has 0 aromatic carbocycles. The van der Waals surface area contributed by atoms with Crippen LogP contribution in [0, 0.1) is 12.8 Å². The summed E-state index contributed by atoms with van der Waals surface area (Å²) in [6.45, 7) is 7.21. The van der Waals surface area contributed by atoms with Crippen molar-refractivity contribution in [3.8, 4) is 0 Å². The number of nitrogens with one attached hydrogen (secondary N) is 1. The average molecular weight is 255 g/mol. The van der Waals surface area contributed by atoms with Crippen LogP contribution in [-0.4, -0.2) is 21.9 Å². The number of hydrogen-bond acceptors (Lipinski definition) is 4. The molecule has 1 saturated heterocycles. The highest BCUT2D eigenvalue weighted by Crippen LogP contribution is 2.19. The van der Waals surface area contributed by atoms with Crippen LogP contribution in [0.25, 0.3) is 0 Å². The van der Waals surface area contributed by atoms with Crippen LogP contribution in [0.3, 0.4) is 0 Å². The summed E-state index contributed by atoms with van der Waals surface area (Å²) >= 11 is 3.50. The van der Waals surface area contributed by atoms with Gasteiger partial charge in [-0.05, 0) is 12.8 Å². The maximum absolute atomic E-state index is 4.55. The van der Waals surface area contributed by atoms with E-state index >= 15 is 0 Å². The van der Waals surface area contributed by atoms with E-state index in [-0.39, 0.29) is 0 Å². The minimum Gasteiger partial charge on any atom is -0.361 e. The lowest BCUT2D eigenvalue weighted by molar-refractivity contribution is 0.503. The fraction of sp³-hybridized carbons (Fsp3) is 0.636. The minimum atomic E-state index is 0.570. The van der Waals surface area contributed by atoms with Crippen LogP contribution in [0.2, 0.25) is 0 Å². The summed E-state index contributed by atoms with van der Waals surface area (Å²) in [5.41, 5.74) is 1.07. The molecule has 1 aromatic heterocycles. The molecule has 0 bridgehead atoms. The third kappa shape index (κ3) is 2.98. The quantitative estimate of drug-likeness (QED) is 0.902. The van der Waals surface area contributed by atoms with Crippen LogP contribution in [0.5, 0.6) is 0 Å². The molecule has 1 N–H and O–H groups in total. The van der Waals surface area contributed by atoms with E-state index in [9.17, 15) is 0 Å². The summed E-state index contributed by atoms with van der Waals surface area (Å²) in [5.74, 6) is 1.80. The Morgan fingerprint density at radius 3 is 3.00 bits per heavy atom. The number of aryl methyl sites for hydroxylation is 1. The van der Waals surface area contributed by atoms with Gasteiger partial charge in [0.1, 0.15) is 0 Å². The van der Waals surface area contributed by atoms with Crippen LogP contribution in [0.15, 0.2) is 10.4 Å². The van der Waals surface area contributed by atoms with Gasteiger partial charge in [-0.2, -0.15) is 0 Å². The monoisotopic (exact) mass is 255 g/mol. The van der Waals surface area contributed by atoms with Crippen molar-refractivity contribution in [2.24, 2.45) is 10.9 Å². The van der Waals surface area contributed by atoms with E-state index in [2.05, 4.69) is 34.5 Å². The van der Waals surface area contributed by atoms with Crippen molar-refractivity contribution < 1.29 is 0 Å². The van der Waals surface area contributed by atoms with E-state index in [1.807, 2.05) is 18.7 Å². The zero-order chi connectivity index (χ0) is 11.5. The predicted octanol–water partition coefficient (Wildman–Crippen LogP) is 2.67. The number of thioether (sulfide) groups is 1. The molecule has 1 aliphatic heterocycles. The molecule has 0 saturated carbocycles. The fourth-order valence-corrected chi connectivity index (χ4v) is 3.29. The minimum absolute atomic E-state index is 0.570. The Hall–Kier alpha value is -0.550. The average Bonchev–Trinajstić information content (AvgIpc) is 2.83. The number of thiazole rings is 1. The Labute approximate surface area is 105 Å². The van der Waals surface area contributed by atoms with Gasteiger partial charge in [-0.3, -0.25) is 4.99 Å². The van der Waals surface area contributed by atoms with Crippen LogP contribution < -0.4 is 5.32 Å². The Kier molecular flexibility index (Phi) is 3.86. The highest BCUT2D eigenvalue weighted by molar-refractivity contribution is 8.14. The molecule has 0 unspecified atom stereocenters. The van der Waals surface area contributed by atoms with Gasteiger partial charge in [-0.25, -0.2) is 4.98 Å². The number of aromatic nitrogens is 1. The summed E-state index contributed by atoms with van der Waals surface area (Å²) in [4.78, 5) is 8.95. The SMILES string of the molecule is Cc1nc(CN=C2N[C@@H](C(C)C)CS2)cs1. The first-order chi connectivity index (χ1) is 7.65. The van der Waals surface area contributed by atoms with Crippen molar-refractivity contribution in [2.75, 3.05) is 5.75 Å². The zero-order valence-electron chi connectivity index (χ0n) is 9.86. The third-order valence-corrected chi connectivity index (χ3v) is 4.43. The van der Waals surface area contributed by atoms with Crippen molar-refractivity contribution in [3.05, 3.63) is 16.1 Å². The second kappa shape index (κ2) is 5.19. The lowest BCUT2D eigenvalue weighted by Gasteiger charge is -2.12. The molecule has 1 aromatic rings. The molecule has 1 aliphatic rings.